The molecule has 0 saturated heterocycles. The number of aryl methyl sites for hydroxylation is 1. The minimum atomic E-state index is -0.124. The standard InChI is InChI=1S/C19H23NO4/c1-4-19(21)20(14-17-8-9-23-15(17)2)13-16-6-5-7-18(12-16)24-11-10-22-3/h4-9,12H,1,10-11,13-14H2,2-3H3. The minimum Gasteiger partial charge on any atom is -0.491 e. The molecule has 2 rings (SSSR count). The maximum atomic E-state index is 12.2. The maximum Gasteiger partial charge on any atom is 0.246 e. The van der Waals surface area contributed by atoms with Crippen molar-refractivity contribution in [1.29, 1.82) is 0 Å². The van der Waals surface area contributed by atoms with E-state index in [1.807, 2.05) is 37.3 Å². The van der Waals surface area contributed by atoms with Crippen molar-refractivity contribution in [1.82, 2.24) is 4.90 Å². The summed E-state index contributed by atoms with van der Waals surface area (Å²) in [5.41, 5.74) is 1.97. The molecular weight excluding hydrogens is 306 g/mol. The zero-order chi connectivity index (χ0) is 17.4. The van der Waals surface area contributed by atoms with Gasteiger partial charge in [-0.15, -0.1) is 0 Å². The van der Waals surface area contributed by atoms with Crippen LogP contribution in [0.1, 0.15) is 16.9 Å². The van der Waals surface area contributed by atoms with Crippen LogP contribution in [0.5, 0.6) is 5.75 Å². The summed E-state index contributed by atoms with van der Waals surface area (Å²) in [4.78, 5) is 13.9. The molecule has 1 aromatic carbocycles. The van der Waals surface area contributed by atoms with E-state index < -0.39 is 0 Å². The molecule has 5 heteroatoms. The fraction of sp³-hybridized carbons (Fsp3) is 0.316. The van der Waals surface area contributed by atoms with Gasteiger partial charge in [-0.05, 0) is 36.8 Å². The lowest BCUT2D eigenvalue weighted by Crippen LogP contribution is -2.28. The van der Waals surface area contributed by atoms with Crippen LogP contribution < -0.4 is 4.74 Å². The lowest BCUT2D eigenvalue weighted by atomic mass is 10.1. The van der Waals surface area contributed by atoms with E-state index in [-0.39, 0.29) is 5.91 Å². The SMILES string of the molecule is C=CC(=O)N(Cc1cccc(OCCOC)c1)Cc1ccoc1C. The van der Waals surface area contributed by atoms with E-state index in [4.69, 9.17) is 13.9 Å². The molecule has 1 heterocycles. The van der Waals surface area contributed by atoms with E-state index in [2.05, 4.69) is 6.58 Å². The molecule has 0 unspecified atom stereocenters. The molecule has 0 aliphatic rings. The Hall–Kier alpha value is -2.53. The first-order valence-electron chi connectivity index (χ1n) is 7.79. The Morgan fingerprint density at radius 2 is 2.12 bits per heavy atom. The number of hydrogen-bond donors (Lipinski definition) is 0. The Labute approximate surface area is 142 Å². The van der Waals surface area contributed by atoms with Crippen molar-refractivity contribution in [2.24, 2.45) is 0 Å². The van der Waals surface area contributed by atoms with Crippen molar-refractivity contribution < 1.29 is 18.7 Å². The molecule has 0 saturated carbocycles. The summed E-state index contributed by atoms with van der Waals surface area (Å²) >= 11 is 0. The molecule has 0 bridgehead atoms. The second-order valence-electron chi connectivity index (χ2n) is 5.39. The number of carbonyl (C=O) groups excluding carboxylic acids is 1. The number of amides is 1. The number of nitrogens with zero attached hydrogens (tertiary/aromatic N) is 1. The third-order valence-electron chi connectivity index (χ3n) is 3.64. The summed E-state index contributed by atoms with van der Waals surface area (Å²) in [5, 5.41) is 0. The van der Waals surface area contributed by atoms with Gasteiger partial charge >= 0.3 is 0 Å². The molecule has 24 heavy (non-hydrogen) atoms. The van der Waals surface area contributed by atoms with E-state index >= 15 is 0 Å². The van der Waals surface area contributed by atoms with Gasteiger partial charge in [0.2, 0.25) is 5.91 Å². The molecule has 0 radical (unpaired) electrons. The highest BCUT2D eigenvalue weighted by atomic mass is 16.5. The van der Waals surface area contributed by atoms with Crippen molar-refractivity contribution in [3.8, 4) is 5.75 Å². The number of ether oxygens (including phenoxy) is 2. The number of hydrogen-bond acceptors (Lipinski definition) is 4. The van der Waals surface area contributed by atoms with Crippen LogP contribution >= 0.6 is 0 Å². The second kappa shape index (κ2) is 8.93. The van der Waals surface area contributed by atoms with E-state index in [0.29, 0.717) is 26.3 Å². The Morgan fingerprint density at radius 1 is 1.29 bits per heavy atom. The highest BCUT2D eigenvalue weighted by Gasteiger charge is 2.14. The van der Waals surface area contributed by atoms with Gasteiger partial charge in [0.25, 0.3) is 0 Å². The van der Waals surface area contributed by atoms with E-state index in [1.165, 1.54) is 6.08 Å². The molecule has 0 spiro atoms. The van der Waals surface area contributed by atoms with Crippen LogP contribution in [0.25, 0.3) is 0 Å². The molecule has 2 aromatic rings. The molecule has 1 aromatic heterocycles. The third-order valence-corrected chi connectivity index (χ3v) is 3.64. The fourth-order valence-electron chi connectivity index (χ4n) is 2.32. The van der Waals surface area contributed by atoms with E-state index in [9.17, 15) is 4.79 Å². The average molecular weight is 329 g/mol. The molecule has 0 atom stereocenters. The molecule has 0 aliphatic heterocycles. The van der Waals surface area contributed by atoms with Crippen LogP contribution in [-0.4, -0.2) is 31.1 Å². The quantitative estimate of drug-likeness (QED) is 0.523. The van der Waals surface area contributed by atoms with Crippen molar-refractivity contribution in [3.05, 3.63) is 66.1 Å². The topological polar surface area (TPSA) is 51.9 Å². The molecule has 0 N–H and O–H groups in total. The number of furan rings is 1. The monoisotopic (exact) mass is 329 g/mol. The summed E-state index contributed by atoms with van der Waals surface area (Å²) in [7, 11) is 1.64. The molecular formula is C19H23NO4. The smallest absolute Gasteiger partial charge is 0.246 e. The van der Waals surface area contributed by atoms with Crippen LogP contribution in [0.2, 0.25) is 0 Å². The van der Waals surface area contributed by atoms with Gasteiger partial charge in [0, 0.05) is 25.8 Å². The molecule has 0 aliphatic carbocycles. The largest absolute Gasteiger partial charge is 0.491 e. The minimum absolute atomic E-state index is 0.124. The van der Waals surface area contributed by atoms with Crippen molar-refractivity contribution in [2.75, 3.05) is 20.3 Å². The molecule has 1 amide bonds. The highest BCUT2D eigenvalue weighted by Crippen LogP contribution is 2.18. The van der Waals surface area contributed by atoms with Crippen LogP contribution in [0, 0.1) is 6.92 Å². The van der Waals surface area contributed by atoms with Gasteiger partial charge in [0.1, 0.15) is 18.1 Å². The lowest BCUT2D eigenvalue weighted by Gasteiger charge is -2.21. The van der Waals surface area contributed by atoms with Crippen LogP contribution in [0.15, 0.2) is 53.7 Å². The maximum absolute atomic E-state index is 12.2. The summed E-state index contributed by atoms with van der Waals surface area (Å²) in [5.74, 6) is 1.45. The van der Waals surface area contributed by atoms with Crippen molar-refractivity contribution >= 4 is 5.91 Å². The van der Waals surface area contributed by atoms with Crippen LogP contribution in [0.3, 0.4) is 0 Å². The van der Waals surface area contributed by atoms with Gasteiger partial charge in [-0.25, -0.2) is 0 Å². The molecule has 128 valence electrons. The van der Waals surface area contributed by atoms with Gasteiger partial charge in [-0.2, -0.15) is 0 Å². The first-order chi connectivity index (χ1) is 11.6. The number of rotatable bonds is 9. The number of benzene rings is 1. The summed E-state index contributed by atoms with van der Waals surface area (Å²) in [6, 6.07) is 9.58. The Balaban J connectivity index is 2.08. The van der Waals surface area contributed by atoms with Crippen molar-refractivity contribution in [3.63, 3.8) is 0 Å². The first kappa shape index (κ1) is 17.8. The normalized spacial score (nSPS) is 10.4. The molecule has 5 nitrogen and oxygen atoms in total. The fourth-order valence-corrected chi connectivity index (χ4v) is 2.32. The van der Waals surface area contributed by atoms with Gasteiger partial charge in [-0.3, -0.25) is 4.79 Å². The van der Waals surface area contributed by atoms with Gasteiger partial charge in [0.05, 0.1) is 12.9 Å². The lowest BCUT2D eigenvalue weighted by molar-refractivity contribution is -0.127. The van der Waals surface area contributed by atoms with Gasteiger partial charge in [0.15, 0.2) is 0 Å². The first-order valence-corrected chi connectivity index (χ1v) is 7.79. The predicted molar refractivity (Wildman–Crippen MR) is 91.7 cm³/mol. The number of methoxy groups -OCH3 is 1. The van der Waals surface area contributed by atoms with Gasteiger partial charge < -0.3 is 18.8 Å². The van der Waals surface area contributed by atoms with E-state index in [1.54, 1.807) is 18.3 Å². The highest BCUT2D eigenvalue weighted by molar-refractivity contribution is 5.86. The molecule has 0 fully saturated rings. The zero-order valence-corrected chi connectivity index (χ0v) is 14.2. The summed E-state index contributed by atoms with van der Waals surface area (Å²) < 4.78 is 15.9. The Bertz CT molecular complexity index is 678. The predicted octanol–water partition coefficient (Wildman–Crippen LogP) is 3.33. The summed E-state index contributed by atoms with van der Waals surface area (Å²) in [6.45, 7) is 7.44. The van der Waals surface area contributed by atoms with Crippen LogP contribution in [0.4, 0.5) is 0 Å². The van der Waals surface area contributed by atoms with Crippen LogP contribution in [-0.2, 0) is 22.6 Å². The van der Waals surface area contributed by atoms with Gasteiger partial charge in [-0.1, -0.05) is 18.7 Å². The third kappa shape index (κ3) is 4.99. The zero-order valence-electron chi connectivity index (χ0n) is 14.2. The van der Waals surface area contributed by atoms with E-state index in [0.717, 1.165) is 22.6 Å². The average Bonchev–Trinajstić information content (AvgIpc) is 2.99. The second-order valence-corrected chi connectivity index (χ2v) is 5.39. The number of carbonyl (C=O) groups is 1. The summed E-state index contributed by atoms with van der Waals surface area (Å²) in [6.07, 6.45) is 2.96. The Kier molecular flexibility index (Phi) is 6.63. The Morgan fingerprint density at radius 3 is 2.79 bits per heavy atom. The van der Waals surface area contributed by atoms with Crippen molar-refractivity contribution in [2.45, 2.75) is 20.0 Å².